The number of hydrogen-bond acceptors (Lipinski definition) is 1. The third-order valence-corrected chi connectivity index (χ3v) is 6.74. The van der Waals surface area contributed by atoms with Crippen LogP contribution >= 0.6 is 0 Å². The van der Waals surface area contributed by atoms with Gasteiger partial charge in [-0.25, -0.2) is 0 Å². The number of aryl methyl sites for hydroxylation is 2. The molecule has 0 N–H and O–H groups in total. The summed E-state index contributed by atoms with van der Waals surface area (Å²) >= 11 is 0. The first kappa shape index (κ1) is 17.5. The van der Waals surface area contributed by atoms with Crippen molar-refractivity contribution in [3.63, 3.8) is 0 Å². The summed E-state index contributed by atoms with van der Waals surface area (Å²) in [5, 5.41) is 0. The molecule has 1 aliphatic carbocycles. The van der Waals surface area contributed by atoms with E-state index in [4.69, 9.17) is 0 Å². The molecule has 4 rings (SSSR count). The number of rotatable bonds is 5. The second-order valence-corrected chi connectivity index (χ2v) is 8.17. The maximum atomic E-state index is 4.16. The van der Waals surface area contributed by atoms with E-state index in [1.165, 1.54) is 54.6 Å². The third-order valence-electron chi connectivity index (χ3n) is 6.74. The van der Waals surface area contributed by atoms with Crippen molar-refractivity contribution in [1.82, 2.24) is 4.90 Å². The van der Waals surface area contributed by atoms with Crippen molar-refractivity contribution >= 4 is 0 Å². The molecule has 0 radical (unpaired) electrons. The maximum Gasteiger partial charge on any atom is 0.0254 e. The van der Waals surface area contributed by atoms with Gasteiger partial charge in [0.25, 0.3) is 0 Å². The summed E-state index contributed by atoms with van der Waals surface area (Å²) in [6, 6.07) is 19.0. The molecule has 0 bridgehead atoms. The molecule has 1 aliphatic heterocycles. The van der Waals surface area contributed by atoms with Crippen LogP contribution in [0.3, 0.4) is 0 Å². The summed E-state index contributed by atoms with van der Waals surface area (Å²) in [4.78, 5) is 2.70. The highest BCUT2D eigenvalue weighted by atomic mass is 15.2. The lowest BCUT2D eigenvalue weighted by Crippen LogP contribution is -2.36. The zero-order chi connectivity index (χ0) is 18.0. The fraction of sp³-hybridized carbons (Fsp3) is 0.440. The highest BCUT2D eigenvalue weighted by molar-refractivity contribution is 5.50. The van der Waals surface area contributed by atoms with E-state index in [0.29, 0.717) is 0 Å². The van der Waals surface area contributed by atoms with E-state index in [-0.39, 0.29) is 5.41 Å². The minimum atomic E-state index is 0.0632. The first-order valence-corrected chi connectivity index (χ1v) is 10.3. The van der Waals surface area contributed by atoms with Crippen molar-refractivity contribution in [3.8, 4) is 0 Å². The van der Waals surface area contributed by atoms with Gasteiger partial charge in [-0.1, -0.05) is 54.6 Å². The van der Waals surface area contributed by atoms with Crippen LogP contribution in [0.15, 0.2) is 61.2 Å². The topological polar surface area (TPSA) is 3.24 Å². The van der Waals surface area contributed by atoms with E-state index in [9.17, 15) is 0 Å². The molecular formula is C25H31N. The Balaban J connectivity index is 1.81. The van der Waals surface area contributed by atoms with Gasteiger partial charge in [-0.3, -0.25) is 0 Å². The molecule has 0 amide bonds. The van der Waals surface area contributed by atoms with Gasteiger partial charge < -0.3 is 4.90 Å². The van der Waals surface area contributed by atoms with Crippen molar-refractivity contribution in [2.45, 2.75) is 56.9 Å². The van der Waals surface area contributed by atoms with Gasteiger partial charge in [0.05, 0.1) is 0 Å². The standard InChI is InChI=1S/C25H31N/c1-3-16-25(17-19-26-18-8-9-20(26)2)23-12-6-4-10-21(23)14-15-22-11-5-7-13-24(22)25/h3-7,10-13,20H,1,8-9,14-19H2,2H3. The average Bonchev–Trinajstić information content (AvgIpc) is 3.03. The number of fused-ring (bicyclic) bond motifs is 2. The van der Waals surface area contributed by atoms with Crippen LogP contribution in [-0.2, 0) is 18.3 Å². The molecule has 0 spiro atoms. The molecule has 1 fully saturated rings. The van der Waals surface area contributed by atoms with Gasteiger partial charge in [0.2, 0.25) is 0 Å². The average molecular weight is 346 g/mol. The van der Waals surface area contributed by atoms with Gasteiger partial charge in [-0.2, -0.15) is 0 Å². The van der Waals surface area contributed by atoms with Crippen molar-refractivity contribution < 1.29 is 0 Å². The summed E-state index contributed by atoms with van der Waals surface area (Å²) in [6.07, 6.45) is 9.33. The molecule has 2 aromatic carbocycles. The van der Waals surface area contributed by atoms with E-state index in [1.54, 1.807) is 0 Å². The Hall–Kier alpha value is -1.86. The second kappa shape index (κ2) is 7.40. The Morgan fingerprint density at radius 1 is 1.04 bits per heavy atom. The molecule has 2 aliphatic rings. The normalized spacial score (nSPS) is 21.7. The largest absolute Gasteiger partial charge is 0.301 e. The van der Waals surface area contributed by atoms with Crippen molar-refractivity contribution in [1.29, 1.82) is 0 Å². The van der Waals surface area contributed by atoms with E-state index < -0.39 is 0 Å². The van der Waals surface area contributed by atoms with Crippen molar-refractivity contribution in [2.24, 2.45) is 0 Å². The molecule has 2 aromatic rings. The monoisotopic (exact) mass is 345 g/mol. The molecule has 1 nitrogen and oxygen atoms in total. The lowest BCUT2D eigenvalue weighted by atomic mass is 9.68. The van der Waals surface area contributed by atoms with Gasteiger partial charge in [0.15, 0.2) is 0 Å². The fourth-order valence-electron chi connectivity index (χ4n) is 5.32. The quantitative estimate of drug-likeness (QED) is 0.645. The Morgan fingerprint density at radius 2 is 1.65 bits per heavy atom. The molecule has 1 saturated heterocycles. The molecule has 0 aromatic heterocycles. The van der Waals surface area contributed by atoms with Crippen LogP contribution in [0, 0.1) is 0 Å². The Labute approximate surface area is 158 Å². The minimum absolute atomic E-state index is 0.0632. The molecule has 1 unspecified atom stereocenters. The Bertz CT molecular complexity index is 728. The smallest absolute Gasteiger partial charge is 0.0254 e. The molecule has 136 valence electrons. The second-order valence-electron chi connectivity index (χ2n) is 8.17. The maximum absolute atomic E-state index is 4.16. The Morgan fingerprint density at radius 3 is 2.19 bits per heavy atom. The summed E-state index contributed by atoms with van der Waals surface area (Å²) < 4.78 is 0. The van der Waals surface area contributed by atoms with Crippen LogP contribution in [0.4, 0.5) is 0 Å². The summed E-state index contributed by atoms with van der Waals surface area (Å²) in [5.41, 5.74) is 6.20. The van der Waals surface area contributed by atoms with E-state index >= 15 is 0 Å². The van der Waals surface area contributed by atoms with Crippen molar-refractivity contribution in [3.05, 3.63) is 83.4 Å². The van der Waals surface area contributed by atoms with Crippen LogP contribution in [0.1, 0.15) is 54.9 Å². The van der Waals surface area contributed by atoms with Crippen LogP contribution in [0.25, 0.3) is 0 Å². The zero-order valence-corrected chi connectivity index (χ0v) is 16.1. The fourth-order valence-corrected chi connectivity index (χ4v) is 5.32. The van der Waals surface area contributed by atoms with E-state index in [0.717, 1.165) is 25.3 Å². The summed E-state index contributed by atoms with van der Waals surface area (Å²) in [7, 11) is 0. The van der Waals surface area contributed by atoms with Gasteiger partial charge in [-0.05, 0) is 80.8 Å². The molecular weight excluding hydrogens is 314 g/mol. The molecule has 1 heterocycles. The molecule has 0 saturated carbocycles. The Kier molecular flexibility index (Phi) is 5.00. The number of hydrogen-bond donors (Lipinski definition) is 0. The van der Waals surface area contributed by atoms with Gasteiger partial charge in [-0.15, -0.1) is 6.58 Å². The van der Waals surface area contributed by atoms with Crippen LogP contribution in [0.5, 0.6) is 0 Å². The number of benzene rings is 2. The SMILES string of the molecule is C=CCC1(CCN2CCCC2C)c2ccccc2CCc2ccccc21. The molecule has 26 heavy (non-hydrogen) atoms. The van der Waals surface area contributed by atoms with Gasteiger partial charge in [0, 0.05) is 11.5 Å². The van der Waals surface area contributed by atoms with Gasteiger partial charge >= 0.3 is 0 Å². The molecule has 1 atom stereocenters. The first-order chi connectivity index (χ1) is 12.7. The molecule has 1 heteroatoms. The third kappa shape index (κ3) is 3.03. The first-order valence-electron chi connectivity index (χ1n) is 10.3. The van der Waals surface area contributed by atoms with Crippen LogP contribution in [0.2, 0.25) is 0 Å². The highest BCUT2D eigenvalue weighted by Gasteiger charge is 2.38. The number of allylic oxidation sites excluding steroid dienone is 1. The van der Waals surface area contributed by atoms with E-state index in [1.807, 2.05) is 0 Å². The summed E-state index contributed by atoms with van der Waals surface area (Å²) in [6.45, 7) is 8.99. The van der Waals surface area contributed by atoms with Crippen LogP contribution in [-0.4, -0.2) is 24.0 Å². The lowest BCUT2D eigenvalue weighted by Gasteiger charge is -2.38. The number of nitrogens with zero attached hydrogens (tertiary/aromatic N) is 1. The number of likely N-dealkylation sites (tertiary alicyclic amines) is 1. The predicted octanol–water partition coefficient (Wildman–Crippen LogP) is 5.52. The van der Waals surface area contributed by atoms with Crippen LogP contribution < -0.4 is 0 Å². The zero-order valence-electron chi connectivity index (χ0n) is 16.1. The van der Waals surface area contributed by atoms with Gasteiger partial charge in [0.1, 0.15) is 0 Å². The minimum Gasteiger partial charge on any atom is -0.301 e. The summed E-state index contributed by atoms with van der Waals surface area (Å²) in [5.74, 6) is 0. The van der Waals surface area contributed by atoms with Crippen molar-refractivity contribution in [2.75, 3.05) is 13.1 Å². The highest BCUT2D eigenvalue weighted by Crippen LogP contribution is 2.45. The van der Waals surface area contributed by atoms with E-state index in [2.05, 4.69) is 73.0 Å². The lowest BCUT2D eigenvalue weighted by molar-refractivity contribution is 0.243. The predicted molar refractivity (Wildman–Crippen MR) is 111 cm³/mol.